The van der Waals surface area contributed by atoms with E-state index in [0.717, 1.165) is 22.9 Å². The van der Waals surface area contributed by atoms with Gasteiger partial charge in [-0.25, -0.2) is 0 Å². The Morgan fingerprint density at radius 3 is 2.84 bits per heavy atom. The van der Waals surface area contributed by atoms with E-state index in [9.17, 15) is 4.79 Å². The Kier molecular flexibility index (Phi) is 5.10. The van der Waals surface area contributed by atoms with Gasteiger partial charge in [0.05, 0.1) is 18.7 Å². The molecule has 2 rings (SSSR count). The summed E-state index contributed by atoms with van der Waals surface area (Å²) in [4.78, 5) is 12.0. The number of ether oxygens (including phenoxy) is 1. The summed E-state index contributed by atoms with van der Waals surface area (Å²) in [5, 5.41) is 6.20. The highest BCUT2D eigenvalue weighted by atomic mass is 32.2. The molecule has 0 saturated carbocycles. The van der Waals surface area contributed by atoms with Crippen LogP contribution in [0.5, 0.6) is 5.75 Å². The molecule has 1 aromatic rings. The van der Waals surface area contributed by atoms with E-state index in [4.69, 9.17) is 4.74 Å². The first-order valence-electron chi connectivity index (χ1n) is 6.55. The predicted octanol–water partition coefficient (Wildman–Crippen LogP) is 1.92. The second-order valence-corrected chi connectivity index (χ2v) is 5.53. The van der Waals surface area contributed by atoms with Crippen molar-refractivity contribution in [2.75, 3.05) is 18.2 Å². The molecule has 4 nitrogen and oxygen atoms in total. The zero-order valence-corrected chi connectivity index (χ0v) is 12.1. The first-order chi connectivity index (χ1) is 9.20. The van der Waals surface area contributed by atoms with Gasteiger partial charge in [0.2, 0.25) is 5.91 Å². The molecule has 1 saturated heterocycles. The first-order valence-corrected chi connectivity index (χ1v) is 7.70. The molecular formula is C14H20N2O2S. The molecule has 1 aromatic carbocycles. The van der Waals surface area contributed by atoms with E-state index in [-0.39, 0.29) is 18.0 Å². The zero-order valence-electron chi connectivity index (χ0n) is 11.3. The summed E-state index contributed by atoms with van der Waals surface area (Å²) in [7, 11) is 0. The maximum Gasteiger partial charge on any atom is 0.238 e. The van der Waals surface area contributed by atoms with Crippen molar-refractivity contribution < 1.29 is 9.53 Å². The van der Waals surface area contributed by atoms with Crippen molar-refractivity contribution in [3.05, 3.63) is 29.8 Å². The van der Waals surface area contributed by atoms with Crippen molar-refractivity contribution in [3.8, 4) is 5.75 Å². The van der Waals surface area contributed by atoms with Crippen molar-refractivity contribution in [2.24, 2.45) is 0 Å². The number of rotatable bonds is 5. The van der Waals surface area contributed by atoms with Crippen LogP contribution in [0.4, 0.5) is 0 Å². The van der Waals surface area contributed by atoms with Gasteiger partial charge in [-0.15, -0.1) is 11.8 Å². The van der Waals surface area contributed by atoms with E-state index in [2.05, 4.69) is 10.6 Å². The van der Waals surface area contributed by atoms with Gasteiger partial charge < -0.3 is 10.1 Å². The number of carbonyl (C=O) groups excluding carboxylic acids is 1. The number of benzene rings is 1. The van der Waals surface area contributed by atoms with Crippen LogP contribution in [0, 0.1) is 0 Å². The molecule has 104 valence electrons. The van der Waals surface area contributed by atoms with Crippen LogP contribution in [0.3, 0.4) is 0 Å². The lowest BCUT2D eigenvalue weighted by molar-refractivity contribution is -0.123. The summed E-state index contributed by atoms with van der Waals surface area (Å²) in [5.74, 6) is 2.64. The number of nitrogens with one attached hydrogen (secondary N) is 2. The molecule has 1 aliphatic rings. The van der Waals surface area contributed by atoms with Gasteiger partial charge in [-0.2, -0.15) is 0 Å². The first kappa shape index (κ1) is 14.2. The number of hydrogen-bond acceptors (Lipinski definition) is 4. The van der Waals surface area contributed by atoms with Crippen LogP contribution < -0.4 is 15.4 Å². The molecule has 0 aliphatic carbocycles. The highest BCUT2D eigenvalue weighted by Crippen LogP contribution is 2.18. The maximum absolute atomic E-state index is 12.0. The molecule has 0 aromatic heterocycles. The van der Waals surface area contributed by atoms with Crippen LogP contribution in [-0.4, -0.2) is 30.2 Å². The van der Waals surface area contributed by atoms with E-state index in [1.54, 1.807) is 11.8 Å². The average molecular weight is 280 g/mol. The highest BCUT2D eigenvalue weighted by molar-refractivity contribution is 7.99. The van der Waals surface area contributed by atoms with Gasteiger partial charge in [-0.1, -0.05) is 12.1 Å². The summed E-state index contributed by atoms with van der Waals surface area (Å²) in [5.41, 5.74) is 1.09. The van der Waals surface area contributed by atoms with E-state index < -0.39 is 0 Å². The van der Waals surface area contributed by atoms with Gasteiger partial charge in [-0.05, 0) is 31.5 Å². The molecule has 1 aliphatic heterocycles. The largest absolute Gasteiger partial charge is 0.494 e. The van der Waals surface area contributed by atoms with E-state index in [1.807, 2.05) is 38.1 Å². The van der Waals surface area contributed by atoms with Gasteiger partial charge >= 0.3 is 0 Å². The standard InChI is InChI=1S/C14H20N2O2S/c1-3-18-12-6-4-11(5-7-12)10(2)16-14(17)13-8-19-9-15-13/h4-7,10,13,15H,3,8-9H2,1-2H3,(H,16,17). The van der Waals surface area contributed by atoms with Crippen molar-refractivity contribution in [1.29, 1.82) is 0 Å². The fourth-order valence-electron chi connectivity index (χ4n) is 1.98. The van der Waals surface area contributed by atoms with Gasteiger partial charge in [0.1, 0.15) is 5.75 Å². The number of carbonyl (C=O) groups is 1. The molecule has 1 heterocycles. The van der Waals surface area contributed by atoms with Crippen LogP contribution in [0.15, 0.2) is 24.3 Å². The molecule has 0 radical (unpaired) electrons. The molecule has 2 N–H and O–H groups in total. The Morgan fingerprint density at radius 2 is 2.26 bits per heavy atom. The third-order valence-electron chi connectivity index (χ3n) is 3.08. The smallest absolute Gasteiger partial charge is 0.238 e. The van der Waals surface area contributed by atoms with Gasteiger partial charge in [0, 0.05) is 11.6 Å². The third kappa shape index (κ3) is 3.88. The summed E-state index contributed by atoms with van der Waals surface area (Å²) >= 11 is 1.75. The second-order valence-electron chi connectivity index (χ2n) is 4.50. The second kappa shape index (κ2) is 6.82. The molecule has 1 fully saturated rings. The van der Waals surface area contributed by atoms with Gasteiger partial charge in [0.25, 0.3) is 0 Å². The van der Waals surface area contributed by atoms with E-state index in [0.29, 0.717) is 6.61 Å². The maximum atomic E-state index is 12.0. The lowest BCUT2D eigenvalue weighted by Crippen LogP contribution is -2.42. The number of hydrogen-bond donors (Lipinski definition) is 2. The average Bonchev–Trinajstić information content (AvgIpc) is 2.94. The van der Waals surface area contributed by atoms with Crippen LogP contribution in [-0.2, 0) is 4.79 Å². The third-order valence-corrected chi connectivity index (χ3v) is 4.02. The topological polar surface area (TPSA) is 50.4 Å². The highest BCUT2D eigenvalue weighted by Gasteiger charge is 2.23. The molecule has 19 heavy (non-hydrogen) atoms. The minimum Gasteiger partial charge on any atom is -0.494 e. The Morgan fingerprint density at radius 1 is 1.53 bits per heavy atom. The monoisotopic (exact) mass is 280 g/mol. The summed E-state index contributed by atoms with van der Waals surface area (Å²) in [6.45, 7) is 4.62. The van der Waals surface area contributed by atoms with Gasteiger partial charge in [-0.3, -0.25) is 10.1 Å². The fourth-order valence-corrected chi connectivity index (χ4v) is 2.92. The van der Waals surface area contributed by atoms with Crippen molar-refractivity contribution in [3.63, 3.8) is 0 Å². The molecule has 2 atom stereocenters. The SMILES string of the molecule is CCOc1ccc(C(C)NC(=O)C2CSCN2)cc1. The van der Waals surface area contributed by atoms with Crippen LogP contribution in [0.25, 0.3) is 0 Å². The Balaban J connectivity index is 1.91. The number of thioether (sulfide) groups is 1. The zero-order chi connectivity index (χ0) is 13.7. The normalized spacial score (nSPS) is 20.0. The van der Waals surface area contributed by atoms with Crippen LogP contribution in [0.2, 0.25) is 0 Å². The Hall–Kier alpha value is -1.20. The van der Waals surface area contributed by atoms with Crippen LogP contribution >= 0.6 is 11.8 Å². The fraction of sp³-hybridized carbons (Fsp3) is 0.500. The minimum atomic E-state index is -0.0600. The Labute approximate surface area is 118 Å². The van der Waals surface area contributed by atoms with Crippen LogP contribution in [0.1, 0.15) is 25.5 Å². The van der Waals surface area contributed by atoms with Crippen molar-refractivity contribution >= 4 is 17.7 Å². The predicted molar refractivity (Wildman–Crippen MR) is 78.4 cm³/mol. The molecule has 5 heteroatoms. The van der Waals surface area contributed by atoms with E-state index in [1.165, 1.54) is 0 Å². The summed E-state index contributed by atoms with van der Waals surface area (Å²) in [6.07, 6.45) is 0. The molecule has 1 amide bonds. The molecule has 0 spiro atoms. The van der Waals surface area contributed by atoms with E-state index >= 15 is 0 Å². The summed E-state index contributed by atoms with van der Waals surface area (Å²) in [6, 6.07) is 7.81. The quantitative estimate of drug-likeness (QED) is 0.865. The summed E-state index contributed by atoms with van der Waals surface area (Å²) < 4.78 is 5.40. The lowest BCUT2D eigenvalue weighted by atomic mass is 10.1. The lowest BCUT2D eigenvalue weighted by Gasteiger charge is -2.17. The van der Waals surface area contributed by atoms with Crippen molar-refractivity contribution in [1.82, 2.24) is 10.6 Å². The number of amides is 1. The minimum absolute atomic E-state index is 0.00979. The van der Waals surface area contributed by atoms with Crippen molar-refractivity contribution in [2.45, 2.75) is 25.9 Å². The molecule has 2 unspecified atom stereocenters. The molecule has 0 bridgehead atoms. The molecular weight excluding hydrogens is 260 g/mol. The Bertz CT molecular complexity index is 416. The van der Waals surface area contributed by atoms with Gasteiger partial charge in [0.15, 0.2) is 0 Å².